The number of anilines is 1. The summed E-state index contributed by atoms with van der Waals surface area (Å²) in [5, 5.41) is 2.76. The number of esters is 1. The van der Waals surface area contributed by atoms with Gasteiger partial charge in [0.1, 0.15) is 6.54 Å². The van der Waals surface area contributed by atoms with Crippen LogP contribution >= 0.6 is 11.8 Å². The highest BCUT2D eigenvalue weighted by molar-refractivity contribution is 7.99. The third kappa shape index (κ3) is 4.79. The van der Waals surface area contributed by atoms with E-state index >= 15 is 0 Å². The fourth-order valence-electron chi connectivity index (χ4n) is 3.31. The van der Waals surface area contributed by atoms with Crippen LogP contribution in [0.25, 0.3) is 11.2 Å². The molecule has 10 nitrogen and oxygen atoms in total. The van der Waals surface area contributed by atoms with Gasteiger partial charge in [0.15, 0.2) is 17.8 Å². The van der Waals surface area contributed by atoms with Gasteiger partial charge < -0.3 is 14.6 Å². The Bertz CT molecular complexity index is 1490. The van der Waals surface area contributed by atoms with Crippen molar-refractivity contribution in [3.63, 3.8) is 0 Å². The Morgan fingerprint density at radius 1 is 1.00 bits per heavy atom. The van der Waals surface area contributed by atoms with Crippen LogP contribution < -0.4 is 16.6 Å². The third-order valence-corrected chi connectivity index (χ3v) is 6.10. The lowest BCUT2D eigenvalue weighted by atomic mass is 10.3. The SMILES string of the molecule is Cn1c(=O)c2c(ncn2CC(=O)OCC(=O)Nc2ccccc2Sc2ccccc2)n(C)c1=O. The van der Waals surface area contributed by atoms with Crippen molar-refractivity contribution < 1.29 is 14.3 Å². The van der Waals surface area contributed by atoms with Crippen molar-refractivity contribution >= 4 is 40.5 Å². The summed E-state index contributed by atoms with van der Waals surface area (Å²) in [6.07, 6.45) is 1.28. The lowest BCUT2D eigenvalue weighted by Gasteiger charge is -2.11. The number of carbonyl (C=O) groups is 2. The van der Waals surface area contributed by atoms with E-state index in [2.05, 4.69) is 10.3 Å². The molecule has 1 N–H and O–H groups in total. The van der Waals surface area contributed by atoms with E-state index in [9.17, 15) is 19.2 Å². The Hall–Kier alpha value is -4.12. The molecule has 4 rings (SSSR count). The normalized spacial score (nSPS) is 10.9. The second kappa shape index (κ2) is 9.79. The number of fused-ring (bicyclic) bond motifs is 1. The summed E-state index contributed by atoms with van der Waals surface area (Å²) < 4.78 is 8.55. The number of benzene rings is 2. The summed E-state index contributed by atoms with van der Waals surface area (Å²) in [6, 6.07) is 17.1. The van der Waals surface area contributed by atoms with Gasteiger partial charge in [-0.3, -0.25) is 23.5 Å². The highest BCUT2D eigenvalue weighted by Crippen LogP contribution is 2.33. The fourth-order valence-corrected chi connectivity index (χ4v) is 4.23. The molecule has 0 bridgehead atoms. The molecular weight excluding hydrogens is 458 g/mol. The summed E-state index contributed by atoms with van der Waals surface area (Å²) in [6.45, 7) is -0.829. The van der Waals surface area contributed by atoms with Gasteiger partial charge >= 0.3 is 11.7 Å². The van der Waals surface area contributed by atoms with Gasteiger partial charge in [-0.1, -0.05) is 42.1 Å². The van der Waals surface area contributed by atoms with Crippen molar-refractivity contribution in [3.05, 3.63) is 81.8 Å². The number of hydrogen-bond acceptors (Lipinski definition) is 7. The minimum Gasteiger partial charge on any atom is -0.454 e. The Labute approximate surface area is 197 Å². The molecule has 11 heteroatoms. The summed E-state index contributed by atoms with van der Waals surface area (Å²) in [7, 11) is 2.83. The molecule has 0 radical (unpaired) electrons. The predicted octanol–water partition coefficient (Wildman–Crippen LogP) is 1.77. The van der Waals surface area contributed by atoms with Gasteiger partial charge in [-0.25, -0.2) is 9.78 Å². The molecule has 2 aromatic carbocycles. The molecule has 0 fully saturated rings. The highest BCUT2D eigenvalue weighted by Gasteiger charge is 2.17. The van der Waals surface area contributed by atoms with Gasteiger partial charge in [-0.15, -0.1) is 0 Å². The van der Waals surface area contributed by atoms with Crippen molar-refractivity contribution in [2.24, 2.45) is 14.1 Å². The van der Waals surface area contributed by atoms with Crippen LogP contribution in [0.1, 0.15) is 0 Å². The maximum atomic E-state index is 12.5. The number of nitrogens with one attached hydrogen (secondary N) is 1. The zero-order valence-corrected chi connectivity index (χ0v) is 19.2. The van der Waals surface area contributed by atoms with Crippen LogP contribution in [-0.2, 0) is 35.0 Å². The molecular formula is C23H21N5O5S. The summed E-state index contributed by atoms with van der Waals surface area (Å²) >= 11 is 1.50. The number of amides is 1. The molecule has 34 heavy (non-hydrogen) atoms. The summed E-state index contributed by atoms with van der Waals surface area (Å²) in [4.78, 5) is 55.2. The van der Waals surface area contributed by atoms with Crippen molar-refractivity contribution in [2.75, 3.05) is 11.9 Å². The number of imidazole rings is 1. The molecule has 0 saturated carbocycles. The second-order valence-corrected chi connectivity index (χ2v) is 8.49. The van der Waals surface area contributed by atoms with Crippen molar-refractivity contribution in [1.29, 1.82) is 0 Å². The first-order valence-electron chi connectivity index (χ1n) is 10.2. The number of aryl methyl sites for hydroxylation is 1. The minimum absolute atomic E-state index is 0.0952. The van der Waals surface area contributed by atoms with Crippen LogP contribution in [0.4, 0.5) is 5.69 Å². The average molecular weight is 480 g/mol. The maximum Gasteiger partial charge on any atom is 0.332 e. The Morgan fingerprint density at radius 2 is 1.71 bits per heavy atom. The van der Waals surface area contributed by atoms with Crippen LogP contribution in [-0.4, -0.2) is 37.2 Å². The number of carbonyl (C=O) groups excluding carboxylic acids is 2. The highest BCUT2D eigenvalue weighted by atomic mass is 32.2. The lowest BCUT2D eigenvalue weighted by Crippen LogP contribution is -2.37. The van der Waals surface area contributed by atoms with E-state index in [1.165, 1.54) is 41.3 Å². The molecule has 2 heterocycles. The quantitative estimate of drug-likeness (QED) is 0.402. The molecule has 0 atom stereocenters. The number of ether oxygens (including phenoxy) is 1. The standard InChI is InChI=1S/C23H21N5O5S/c1-26-21-20(22(31)27(2)23(26)32)28(14-24-21)12-19(30)33-13-18(29)25-16-10-6-7-11-17(16)34-15-8-4-3-5-9-15/h3-11,14H,12-13H2,1-2H3,(H,25,29). The van der Waals surface area contributed by atoms with Crippen LogP contribution in [0.2, 0.25) is 0 Å². The average Bonchev–Trinajstić information content (AvgIpc) is 3.25. The van der Waals surface area contributed by atoms with Crippen LogP contribution in [0.3, 0.4) is 0 Å². The first kappa shape index (κ1) is 23.1. The molecule has 0 saturated heterocycles. The summed E-state index contributed by atoms with van der Waals surface area (Å²) in [5.41, 5.74) is -0.243. The number of nitrogens with zero attached hydrogens (tertiary/aromatic N) is 4. The number of para-hydroxylation sites is 1. The topological polar surface area (TPSA) is 117 Å². The van der Waals surface area contributed by atoms with Gasteiger partial charge in [0, 0.05) is 23.9 Å². The minimum atomic E-state index is -0.725. The molecule has 4 aromatic rings. The molecule has 0 spiro atoms. The van der Waals surface area contributed by atoms with E-state index in [0.29, 0.717) is 5.69 Å². The number of aromatic nitrogens is 4. The van der Waals surface area contributed by atoms with E-state index in [-0.39, 0.29) is 17.7 Å². The first-order valence-corrected chi connectivity index (χ1v) is 11.0. The predicted molar refractivity (Wildman–Crippen MR) is 127 cm³/mol. The summed E-state index contributed by atoms with van der Waals surface area (Å²) in [5.74, 6) is -1.22. The number of hydrogen-bond donors (Lipinski definition) is 1. The van der Waals surface area contributed by atoms with E-state index < -0.39 is 29.7 Å². The lowest BCUT2D eigenvalue weighted by molar-refractivity contribution is -0.147. The third-order valence-electron chi connectivity index (χ3n) is 5.01. The first-order chi connectivity index (χ1) is 16.3. The zero-order valence-electron chi connectivity index (χ0n) is 18.4. The monoisotopic (exact) mass is 479 g/mol. The number of rotatable bonds is 7. The van der Waals surface area contributed by atoms with Crippen molar-refractivity contribution in [2.45, 2.75) is 16.3 Å². The second-order valence-electron chi connectivity index (χ2n) is 7.37. The molecule has 0 aliphatic rings. The Morgan fingerprint density at radius 3 is 2.47 bits per heavy atom. The Balaban J connectivity index is 1.40. The van der Waals surface area contributed by atoms with Crippen molar-refractivity contribution in [3.8, 4) is 0 Å². The zero-order chi connectivity index (χ0) is 24.2. The molecule has 1 amide bonds. The Kier molecular flexibility index (Phi) is 6.64. The molecule has 0 unspecified atom stereocenters. The van der Waals surface area contributed by atoms with E-state index in [0.717, 1.165) is 14.4 Å². The smallest absolute Gasteiger partial charge is 0.332 e. The van der Waals surface area contributed by atoms with Crippen LogP contribution in [0.5, 0.6) is 0 Å². The van der Waals surface area contributed by atoms with E-state index in [1.54, 1.807) is 12.1 Å². The van der Waals surface area contributed by atoms with Gasteiger partial charge in [0.25, 0.3) is 11.5 Å². The molecule has 0 aliphatic carbocycles. The maximum absolute atomic E-state index is 12.5. The largest absolute Gasteiger partial charge is 0.454 e. The van der Waals surface area contributed by atoms with Gasteiger partial charge in [-0.2, -0.15) is 0 Å². The van der Waals surface area contributed by atoms with Crippen LogP contribution in [0, 0.1) is 0 Å². The van der Waals surface area contributed by atoms with Gasteiger partial charge in [-0.05, 0) is 24.3 Å². The van der Waals surface area contributed by atoms with Crippen molar-refractivity contribution in [1.82, 2.24) is 18.7 Å². The fraction of sp³-hybridized carbons (Fsp3) is 0.174. The molecule has 2 aromatic heterocycles. The van der Waals surface area contributed by atoms with Crippen LogP contribution in [0.15, 0.2) is 80.3 Å². The van der Waals surface area contributed by atoms with Gasteiger partial charge in [0.05, 0.1) is 12.0 Å². The van der Waals surface area contributed by atoms with Gasteiger partial charge in [0.2, 0.25) is 0 Å². The molecule has 174 valence electrons. The van der Waals surface area contributed by atoms with E-state index in [4.69, 9.17) is 4.74 Å². The van der Waals surface area contributed by atoms with E-state index in [1.807, 2.05) is 42.5 Å². The molecule has 0 aliphatic heterocycles.